The Labute approximate surface area is 204 Å². The van der Waals surface area contributed by atoms with Crippen LogP contribution in [0, 0.1) is 5.41 Å². The van der Waals surface area contributed by atoms with Crippen molar-refractivity contribution in [1.29, 1.82) is 0 Å². The van der Waals surface area contributed by atoms with Crippen LogP contribution >= 0.6 is 0 Å². The van der Waals surface area contributed by atoms with Crippen LogP contribution in [0.4, 0.5) is 4.79 Å². The van der Waals surface area contributed by atoms with Gasteiger partial charge in [-0.05, 0) is 64.1 Å². The molecule has 1 fully saturated rings. The minimum atomic E-state index is -0.506. The Balaban J connectivity index is 1.76. The molecule has 0 spiro atoms. The molecule has 0 aromatic carbocycles. The van der Waals surface area contributed by atoms with Gasteiger partial charge in [-0.3, -0.25) is 9.88 Å². The average Bonchev–Trinajstić information content (AvgIpc) is 3.24. The Kier molecular flexibility index (Phi) is 8.34. The molecule has 0 radical (unpaired) electrons. The van der Waals surface area contributed by atoms with E-state index in [-0.39, 0.29) is 17.6 Å². The molecule has 0 saturated carbocycles. The van der Waals surface area contributed by atoms with Gasteiger partial charge in [-0.1, -0.05) is 39.3 Å². The molecule has 0 bridgehead atoms. The van der Waals surface area contributed by atoms with E-state index < -0.39 is 5.60 Å². The van der Waals surface area contributed by atoms with Crippen LogP contribution in [0.15, 0.2) is 29.0 Å². The number of hydrogen-bond acceptors (Lipinski definition) is 7. The van der Waals surface area contributed by atoms with E-state index in [9.17, 15) is 4.79 Å². The highest BCUT2D eigenvalue weighted by Gasteiger charge is 2.41. The molecule has 1 aliphatic rings. The number of rotatable bonds is 7. The molecule has 3 heterocycles. The maximum Gasteiger partial charge on any atom is 0.410 e. The molecule has 2 aromatic rings. The SMILES string of the molecule is CCCCN(Cc1nc(-c2ccncc2)no1)C1CCN(C(=O)OC(C)(C)C)C(C(C)(C)C)C1. The van der Waals surface area contributed by atoms with Crippen LogP contribution in [0.25, 0.3) is 11.4 Å². The van der Waals surface area contributed by atoms with Crippen LogP contribution in [0.2, 0.25) is 0 Å². The molecule has 8 nitrogen and oxygen atoms in total. The van der Waals surface area contributed by atoms with E-state index in [1.165, 1.54) is 0 Å². The van der Waals surface area contributed by atoms with Gasteiger partial charge in [0.25, 0.3) is 0 Å². The third-order valence-corrected chi connectivity index (χ3v) is 6.26. The fourth-order valence-electron chi connectivity index (χ4n) is 4.50. The van der Waals surface area contributed by atoms with Crippen molar-refractivity contribution in [3.05, 3.63) is 30.4 Å². The summed E-state index contributed by atoms with van der Waals surface area (Å²) in [6.45, 7) is 16.8. The molecule has 2 unspecified atom stereocenters. The summed E-state index contributed by atoms with van der Waals surface area (Å²) in [6.07, 6.45) is 7.22. The lowest BCUT2D eigenvalue weighted by molar-refractivity contribution is -0.0247. The van der Waals surface area contributed by atoms with Crippen LogP contribution in [-0.4, -0.2) is 61.8 Å². The topological polar surface area (TPSA) is 84.6 Å². The van der Waals surface area contributed by atoms with Crippen LogP contribution in [0.5, 0.6) is 0 Å². The third-order valence-electron chi connectivity index (χ3n) is 6.26. The summed E-state index contributed by atoms with van der Waals surface area (Å²) < 4.78 is 11.4. The highest BCUT2D eigenvalue weighted by molar-refractivity contribution is 5.69. The van der Waals surface area contributed by atoms with Gasteiger partial charge in [0.2, 0.25) is 11.7 Å². The molecule has 0 N–H and O–H groups in total. The van der Waals surface area contributed by atoms with Gasteiger partial charge < -0.3 is 14.2 Å². The highest BCUT2D eigenvalue weighted by Crippen LogP contribution is 2.35. The van der Waals surface area contributed by atoms with Gasteiger partial charge in [0.1, 0.15) is 5.60 Å². The summed E-state index contributed by atoms with van der Waals surface area (Å²) in [5.41, 5.74) is 0.322. The fourth-order valence-corrected chi connectivity index (χ4v) is 4.50. The minimum Gasteiger partial charge on any atom is -0.444 e. The standard InChI is InChI=1S/C26H41N5O3/c1-8-9-15-30(18-22-28-23(29-34-22)19-10-13-27-14-11-19)20-12-16-31(21(17-20)25(2,3)4)24(32)33-26(5,6)7/h10-11,13-14,20-21H,8-9,12,15-18H2,1-7H3. The molecular formula is C26H41N5O3. The van der Waals surface area contributed by atoms with Crippen molar-refractivity contribution in [3.8, 4) is 11.4 Å². The lowest BCUT2D eigenvalue weighted by Crippen LogP contribution is -2.57. The molecule has 1 saturated heterocycles. The molecule has 1 aliphatic heterocycles. The van der Waals surface area contributed by atoms with Crippen molar-refractivity contribution >= 4 is 6.09 Å². The second-order valence-corrected chi connectivity index (χ2v) is 11.3. The zero-order valence-corrected chi connectivity index (χ0v) is 21.9. The number of unbranched alkanes of at least 4 members (excludes halogenated alkanes) is 1. The van der Waals surface area contributed by atoms with Crippen molar-refractivity contribution in [2.24, 2.45) is 5.41 Å². The van der Waals surface area contributed by atoms with Crippen LogP contribution in [-0.2, 0) is 11.3 Å². The fraction of sp³-hybridized carbons (Fsp3) is 0.692. The van der Waals surface area contributed by atoms with Crippen LogP contribution in [0.3, 0.4) is 0 Å². The number of nitrogens with zero attached hydrogens (tertiary/aromatic N) is 5. The number of carbonyl (C=O) groups excluding carboxylic acids is 1. The maximum atomic E-state index is 13.0. The molecule has 3 rings (SSSR count). The summed E-state index contributed by atoms with van der Waals surface area (Å²) in [4.78, 5) is 26.1. The van der Waals surface area contributed by atoms with Gasteiger partial charge in [0, 0.05) is 36.6 Å². The van der Waals surface area contributed by atoms with Crippen molar-refractivity contribution in [2.75, 3.05) is 13.1 Å². The van der Waals surface area contributed by atoms with E-state index in [1.54, 1.807) is 12.4 Å². The Morgan fingerprint density at radius 1 is 1.21 bits per heavy atom. The minimum absolute atomic E-state index is 0.0645. The Bertz CT molecular complexity index is 917. The van der Waals surface area contributed by atoms with Crippen molar-refractivity contribution < 1.29 is 14.1 Å². The predicted octanol–water partition coefficient (Wildman–Crippen LogP) is 5.55. The number of pyridine rings is 1. The molecular weight excluding hydrogens is 430 g/mol. The number of piperidine rings is 1. The Hall–Kier alpha value is -2.48. The lowest BCUT2D eigenvalue weighted by atomic mass is 9.79. The van der Waals surface area contributed by atoms with Crippen LogP contribution in [0.1, 0.15) is 80.0 Å². The van der Waals surface area contributed by atoms with E-state index in [2.05, 4.69) is 47.7 Å². The van der Waals surface area contributed by atoms with Crippen LogP contribution < -0.4 is 0 Å². The summed E-state index contributed by atoms with van der Waals surface area (Å²) in [7, 11) is 0. The summed E-state index contributed by atoms with van der Waals surface area (Å²) >= 11 is 0. The second-order valence-electron chi connectivity index (χ2n) is 11.3. The molecule has 2 aromatic heterocycles. The van der Waals surface area contributed by atoms with E-state index in [0.717, 1.165) is 37.8 Å². The van der Waals surface area contributed by atoms with Gasteiger partial charge in [-0.15, -0.1) is 0 Å². The number of carbonyl (C=O) groups is 1. The van der Waals surface area contributed by atoms with E-state index in [4.69, 9.17) is 9.26 Å². The first kappa shape index (κ1) is 26.1. The van der Waals surface area contributed by atoms with Crippen molar-refractivity contribution in [2.45, 2.75) is 98.4 Å². The van der Waals surface area contributed by atoms with Gasteiger partial charge in [-0.2, -0.15) is 4.98 Å². The van der Waals surface area contributed by atoms with E-state index >= 15 is 0 Å². The first-order valence-corrected chi connectivity index (χ1v) is 12.4. The Morgan fingerprint density at radius 2 is 1.91 bits per heavy atom. The largest absolute Gasteiger partial charge is 0.444 e. The number of hydrogen-bond donors (Lipinski definition) is 0. The maximum absolute atomic E-state index is 13.0. The molecule has 2 atom stereocenters. The van der Waals surface area contributed by atoms with Crippen molar-refractivity contribution in [3.63, 3.8) is 0 Å². The number of amides is 1. The second kappa shape index (κ2) is 10.8. The van der Waals surface area contributed by atoms with Gasteiger partial charge in [0.05, 0.1) is 6.54 Å². The quantitative estimate of drug-likeness (QED) is 0.523. The molecule has 8 heteroatoms. The van der Waals surface area contributed by atoms with Gasteiger partial charge in [0.15, 0.2) is 0 Å². The first-order valence-electron chi connectivity index (χ1n) is 12.4. The lowest BCUT2D eigenvalue weighted by Gasteiger charge is -2.48. The molecule has 0 aliphatic carbocycles. The molecule has 1 amide bonds. The number of aromatic nitrogens is 3. The highest BCUT2D eigenvalue weighted by atomic mass is 16.6. The monoisotopic (exact) mass is 471 g/mol. The summed E-state index contributed by atoms with van der Waals surface area (Å²) in [5, 5.41) is 4.18. The number of likely N-dealkylation sites (tertiary alicyclic amines) is 1. The normalized spacial score (nSPS) is 19.5. The molecule has 34 heavy (non-hydrogen) atoms. The van der Waals surface area contributed by atoms with Crippen molar-refractivity contribution in [1.82, 2.24) is 24.9 Å². The number of ether oxygens (including phenoxy) is 1. The predicted molar refractivity (Wildman–Crippen MR) is 132 cm³/mol. The summed E-state index contributed by atoms with van der Waals surface area (Å²) in [6, 6.07) is 4.17. The first-order chi connectivity index (χ1) is 16.0. The Morgan fingerprint density at radius 3 is 2.53 bits per heavy atom. The zero-order chi connectivity index (χ0) is 24.9. The average molecular weight is 472 g/mol. The smallest absolute Gasteiger partial charge is 0.410 e. The molecule has 188 valence electrons. The third kappa shape index (κ3) is 7.01. The van der Waals surface area contributed by atoms with Gasteiger partial charge in [-0.25, -0.2) is 4.79 Å². The van der Waals surface area contributed by atoms with E-state index in [1.807, 2.05) is 37.8 Å². The van der Waals surface area contributed by atoms with Gasteiger partial charge >= 0.3 is 6.09 Å². The summed E-state index contributed by atoms with van der Waals surface area (Å²) in [5.74, 6) is 1.20. The zero-order valence-electron chi connectivity index (χ0n) is 21.9. The van der Waals surface area contributed by atoms with E-state index in [0.29, 0.717) is 30.8 Å².